The summed E-state index contributed by atoms with van der Waals surface area (Å²) in [4.78, 5) is 50.7. The van der Waals surface area contributed by atoms with Gasteiger partial charge in [0.1, 0.15) is 18.1 Å². The quantitative estimate of drug-likeness (QED) is 0.261. The standard InChI is InChI=1S/C28H24ClFN4O6/c1-16-3-7-19(8-4-16)31-24(35)14-34-27(37)22(33-28(34)38)12-17-11-21(29)26(23(13-17)39-2)40-15-25(36)32-20-9-5-18(30)6-10-20/h3-13H,14-15H2,1-2H3,(H,31,35)(H,32,36)(H,33,38)/b22-12+. The lowest BCUT2D eigenvalue weighted by Gasteiger charge is -2.14. The van der Waals surface area contributed by atoms with Crippen molar-refractivity contribution in [1.82, 2.24) is 10.2 Å². The van der Waals surface area contributed by atoms with Crippen molar-refractivity contribution < 1.29 is 33.0 Å². The lowest BCUT2D eigenvalue weighted by Crippen LogP contribution is -2.38. The van der Waals surface area contributed by atoms with Crippen LogP contribution in [-0.4, -0.2) is 48.9 Å². The predicted octanol–water partition coefficient (Wildman–Crippen LogP) is 4.35. The summed E-state index contributed by atoms with van der Waals surface area (Å²) in [6.07, 6.45) is 1.37. The molecule has 0 radical (unpaired) electrons. The zero-order valence-electron chi connectivity index (χ0n) is 21.4. The van der Waals surface area contributed by atoms with Crippen LogP contribution >= 0.6 is 11.6 Å². The van der Waals surface area contributed by atoms with Gasteiger partial charge in [0.05, 0.1) is 12.1 Å². The Hall–Kier alpha value is -4.90. The van der Waals surface area contributed by atoms with Crippen molar-refractivity contribution in [3.8, 4) is 11.5 Å². The minimum absolute atomic E-state index is 0.0707. The fourth-order valence-electron chi connectivity index (χ4n) is 3.69. The van der Waals surface area contributed by atoms with E-state index in [1.165, 1.54) is 49.6 Å². The molecule has 1 saturated heterocycles. The Kier molecular flexibility index (Phi) is 8.65. The number of halogens is 2. The van der Waals surface area contributed by atoms with Gasteiger partial charge in [-0.15, -0.1) is 0 Å². The zero-order valence-corrected chi connectivity index (χ0v) is 22.2. The molecule has 4 rings (SSSR count). The molecular formula is C28H24ClFN4O6. The first-order valence-electron chi connectivity index (χ1n) is 11.9. The van der Waals surface area contributed by atoms with Gasteiger partial charge in [0.15, 0.2) is 18.1 Å². The molecule has 1 heterocycles. The number of hydrogen-bond donors (Lipinski definition) is 3. The molecule has 0 unspecified atom stereocenters. The number of hydrogen-bond acceptors (Lipinski definition) is 6. The lowest BCUT2D eigenvalue weighted by molar-refractivity contribution is -0.127. The molecule has 0 aliphatic carbocycles. The second-order valence-corrected chi connectivity index (χ2v) is 9.08. The van der Waals surface area contributed by atoms with E-state index < -0.39 is 42.7 Å². The maximum absolute atomic E-state index is 13.0. The Bertz CT molecular complexity index is 1490. The number of nitrogens with zero attached hydrogens (tertiary/aromatic N) is 1. The summed E-state index contributed by atoms with van der Waals surface area (Å²) in [7, 11) is 1.37. The summed E-state index contributed by atoms with van der Waals surface area (Å²) >= 11 is 6.37. The third kappa shape index (κ3) is 6.94. The van der Waals surface area contributed by atoms with Crippen LogP contribution in [0.15, 0.2) is 66.4 Å². The maximum atomic E-state index is 13.0. The summed E-state index contributed by atoms with van der Waals surface area (Å²) in [5.41, 5.74) is 2.26. The molecule has 3 aromatic rings. The van der Waals surface area contributed by atoms with Gasteiger partial charge in [0, 0.05) is 11.4 Å². The van der Waals surface area contributed by atoms with Crippen LogP contribution in [0.2, 0.25) is 5.02 Å². The molecule has 1 aliphatic rings. The molecule has 1 fully saturated rings. The molecule has 3 N–H and O–H groups in total. The van der Waals surface area contributed by atoms with E-state index in [0.29, 0.717) is 16.9 Å². The van der Waals surface area contributed by atoms with E-state index in [2.05, 4.69) is 16.0 Å². The molecule has 40 heavy (non-hydrogen) atoms. The van der Waals surface area contributed by atoms with E-state index in [9.17, 15) is 23.6 Å². The van der Waals surface area contributed by atoms with E-state index in [4.69, 9.17) is 21.1 Å². The number of benzene rings is 3. The van der Waals surface area contributed by atoms with E-state index in [-0.39, 0.29) is 22.2 Å². The summed E-state index contributed by atoms with van der Waals surface area (Å²) in [5.74, 6) is -1.94. The third-order valence-electron chi connectivity index (χ3n) is 5.64. The number of anilines is 2. The highest BCUT2D eigenvalue weighted by Gasteiger charge is 2.35. The number of amides is 5. The number of rotatable bonds is 9. The number of carbonyl (C=O) groups excluding carboxylic acids is 4. The smallest absolute Gasteiger partial charge is 0.329 e. The molecule has 0 atom stereocenters. The molecule has 0 bridgehead atoms. The SMILES string of the molecule is COc1cc(/C=C2/NC(=O)N(CC(=O)Nc3ccc(C)cc3)C2=O)cc(Cl)c1OCC(=O)Nc1ccc(F)cc1. The number of nitrogens with one attached hydrogen (secondary N) is 3. The largest absolute Gasteiger partial charge is 0.493 e. The molecule has 1 aliphatic heterocycles. The molecule has 3 aromatic carbocycles. The molecule has 0 saturated carbocycles. The predicted molar refractivity (Wildman–Crippen MR) is 147 cm³/mol. The Morgan fingerprint density at radius 2 is 1.62 bits per heavy atom. The highest BCUT2D eigenvalue weighted by atomic mass is 35.5. The lowest BCUT2D eigenvalue weighted by atomic mass is 10.1. The van der Waals surface area contributed by atoms with Crippen molar-refractivity contribution in [1.29, 1.82) is 0 Å². The van der Waals surface area contributed by atoms with Crippen molar-refractivity contribution in [3.63, 3.8) is 0 Å². The summed E-state index contributed by atoms with van der Waals surface area (Å²) in [5, 5.41) is 7.73. The zero-order chi connectivity index (χ0) is 28.8. The van der Waals surface area contributed by atoms with Crippen LogP contribution < -0.4 is 25.4 Å². The maximum Gasteiger partial charge on any atom is 0.329 e. The Morgan fingerprint density at radius 3 is 2.27 bits per heavy atom. The number of aryl methyl sites for hydroxylation is 1. The van der Waals surface area contributed by atoms with Crippen LogP contribution in [0.5, 0.6) is 11.5 Å². The average Bonchev–Trinajstić information content (AvgIpc) is 3.17. The Labute approximate surface area is 233 Å². The summed E-state index contributed by atoms with van der Waals surface area (Å²) < 4.78 is 23.9. The first-order chi connectivity index (χ1) is 19.1. The van der Waals surface area contributed by atoms with Crippen molar-refractivity contribution >= 4 is 52.8 Å². The summed E-state index contributed by atoms with van der Waals surface area (Å²) in [6, 6.07) is 14.5. The fourth-order valence-corrected chi connectivity index (χ4v) is 3.97. The molecule has 0 aromatic heterocycles. The second kappa shape index (κ2) is 12.3. The first-order valence-corrected chi connectivity index (χ1v) is 12.3. The van der Waals surface area contributed by atoms with Gasteiger partial charge in [-0.05, 0) is 67.1 Å². The number of methoxy groups -OCH3 is 1. The number of carbonyl (C=O) groups is 4. The molecule has 0 spiro atoms. The van der Waals surface area contributed by atoms with Crippen LogP contribution in [-0.2, 0) is 14.4 Å². The van der Waals surface area contributed by atoms with E-state index >= 15 is 0 Å². The van der Waals surface area contributed by atoms with Crippen molar-refractivity contribution in [2.45, 2.75) is 6.92 Å². The van der Waals surface area contributed by atoms with E-state index in [1.54, 1.807) is 12.1 Å². The molecule has 5 amide bonds. The van der Waals surface area contributed by atoms with Gasteiger partial charge in [-0.1, -0.05) is 29.3 Å². The number of ether oxygens (including phenoxy) is 2. The van der Waals surface area contributed by atoms with Gasteiger partial charge in [0.2, 0.25) is 5.91 Å². The van der Waals surface area contributed by atoms with Gasteiger partial charge in [-0.2, -0.15) is 0 Å². The highest BCUT2D eigenvalue weighted by molar-refractivity contribution is 6.32. The minimum atomic E-state index is -0.750. The van der Waals surface area contributed by atoms with E-state index in [1.807, 2.05) is 19.1 Å². The fraction of sp³-hybridized carbons (Fsp3) is 0.143. The van der Waals surface area contributed by atoms with Crippen LogP contribution in [0.1, 0.15) is 11.1 Å². The van der Waals surface area contributed by atoms with Crippen LogP contribution in [0, 0.1) is 12.7 Å². The van der Waals surface area contributed by atoms with E-state index in [0.717, 1.165) is 10.5 Å². The average molecular weight is 567 g/mol. The molecule has 10 nitrogen and oxygen atoms in total. The van der Waals surface area contributed by atoms with Crippen molar-refractivity contribution in [2.75, 3.05) is 30.9 Å². The third-order valence-corrected chi connectivity index (χ3v) is 5.92. The molecule has 206 valence electrons. The van der Waals surface area contributed by atoms with Gasteiger partial charge >= 0.3 is 6.03 Å². The van der Waals surface area contributed by atoms with Gasteiger partial charge in [-0.25, -0.2) is 14.1 Å². The second-order valence-electron chi connectivity index (χ2n) is 8.67. The number of urea groups is 1. The van der Waals surface area contributed by atoms with Crippen molar-refractivity contribution in [3.05, 3.63) is 88.3 Å². The van der Waals surface area contributed by atoms with Gasteiger partial charge < -0.3 is 25.4 Å². The van der Waals surface area contributed by atoms with Gasteiger partial charge in [-0.3, -0.25) is 14.4 Å². The van der Waals surface area contributed by atoms with Crippen LogP contribution in [0.3, 0.4) is 0 Å². The van der Waals surface area contributed by atoms with Crippen LogP contribution in [0.4, 0.5) is 20.6 Å². The Morgan fingerprint density at radius 1 is 1.00 bits per heavy atom. The first kappa shape index (κ1) is 28.1. The topological polar surface area (TPSA) is 126 Å². The van der Waals surface area contributed by atoms with Crippen molar-refractivity contribution in [2.24, 2.45) is 0 Å². The normalized spacial score (nSPS) is 13.7. The number of imide groups is 1. The molecular weight excluding hydrogens is 543 g/mol. The van der Waals surface area contributed by atoms with Gasteiger partial charge in [0.25, 0.3) is 11.8 Å². The Balaban J connectivity index is 1.41. The monoisotopic (exact) mass is 566 g/mol. The summed E-state index contributed by atoms with van der Waals surface area (Å²) in [6.45, 7) is 1.02. The highest BCUT2D eigenvalue weighted by Crippen LogP contribution is 2.37. The van der Waals surface area contributed by atoms with Crippen LogP contribution in [0.25, 0.3) is 6.08 Å². The minimum Gasteiger partial charge on any atom is -0.493 e. The molecule has 12 heteroatoms.